The van der Waals surface area contributed by atoms with E-state index in [1.165, 1.54) is 12.1 Å². The number of anilines is 1. The Kier molecular flexibility index (Phi) is 7.83. The van der Waals surface area contributed by atoms with Crippen LogP contribution in [0.3, 0.4) is 0 Å². The second-order valence-corrected chi connectivity index (χ2v) is 6.94. The number of nitrogens with one attached hydrogen (secondary N) is 1. The van der Waals surface area contributed by atoms with Crippen LogP contribution in [-0.4, -0.2) is 23.8 Å². The van der Waals surface area contributed by atoms with E-state index >= 15 is 0 Å². The minimum atomic E-state index is -0.437. The molecule has 2 aromatic carbocycles. The van der Waals surface area contributed by atoms with Gasteiger partial charge >= 0.3 is 0 Å². The van der Waals surface area contributed by atoms with E-state index in [-0.39, 0.29) is 11.8 Å². The summed E-state index contributed by atoms with van der Waals surface area (Å²) in [6.45, 7) is 6.56. The zero-order valence-electron chi connectivity index (χ0n) is 15.4. The van der Waals surface area contributed by atoms with Gasteiger partial charge in [0.25, 0.3) is 5.69 Å². The Balaban J connectivity index is 2.15. The minimum Gasteiger partial charge on any atom is -0.490 e. The van der Waals surface area contributed by atoms with Crippen molar-refractivity contribution in [1.29, 1.82) is 0 Å². The molecule has 27 heavy (non-hydrogen) atoms. The lowest BCUT2D eigenvalue weighted by Gasteiger charge is -2.18. The number of hydrazone groups is 1. The molecule has 0 aliphatic rings. The van der Waals surface area contributed by atoms with Crippen molar-refractivity contribution >= 4 is 40.2 Å². The topological polar surface area (TPSA) is 86.0 Å². The molecule has 0 spiro atoms. The summed E-state index contributed by atoms with van der Waals surface area (Å²) in [6.07, 6.45) is 2.67. The van der Waals surface area contributed by atoms with Gasteiger partial charge in [-0.2, -0.15) is 5.10 Å². The fourth-order valence-electron chi connectivity index (χ4n) is 2.16. The van der Waals surface area contributed by atoms with E-state index in [2.05, 4.69) is 40.0 Å². The maximum absolute atomic E-state index is 10.7. The van der Waals surface area contributed by atoms with Gasteiger partial charge in [-0.15, -0.1) is 0 Å². The quantitative estimate of drug-likeness (QED) is 0.229. The average Bonchev–Trinajstić information content (AvgIpc) is 2.65. The van der Waals surface area contributed by atoms with Crippen molar-refractivity contribution in [2.45, 2.75) is 33.3 Å². The second kappa shape index (κ2) is 10.1. The maximum atomic E-state index is 10.7. The van der Waals surface area contributed by atoms with Crippen molar-refractivity contribution in [3.8, 4) is 11.5 Å². The molecule has 0 aliphatic carbocycles. The third-order valence-electron chi connectivity index (χ3n) is 3.71. The van der Waals surface area contributed by atoms with E-state index in [1.807, 2.05) is 26.0 Å². The molecule has 0 saturated heterocycles. The fraction of sp³-hybridized carbons (Fsp3) is 0.316. The number of ether oxygens (including phenoxy) is 2. The summed E-state index contributed by atoms with van der Waals surface area (Å²) in [7, 11) is 0. The van der Waals surface area contributed by atoms with Gasteiger partial charge < -0.3 is 9.47 Å². The van der Waals surface area contributed by atoms with Gasteiger partial charge in [-0.3, -0.25) is 15.5 Å². The second-order valence-electron chi connectivity index (χ2n) is 5.77. The largest absolute Gasteiger partial charge is 0.490 e. The number of nitro benzene ring substituents is 1. The first-order chi connectivity index (χ1) is 12.9. The highest BCUT2D eigenvalue weighted by Crippen LogP contribution is 2.35. The Morgan fingerprint density at radius 1 is 1.30 bits per heavy atom. The van der Waals surface area contributed by atoms with Gasteiger partial charge in [0, 0.05) is 12.1 Å². The third-order valence-corrected chi connectivity index (χ3v) is 4.51. The summed E-state index contributed by atoms with van der Waals surface area (Å²) in [5, 5.41) is 14.9. The predicted molar refractivity (Wildman–Crippen MR) is 115 cm³/mol. The summed E-state index contributed by atoms with van der Waals surface area (Å²) < 4.78 is 12.7. The normalized spacial score (nSPS) is 12.0. The Morgan fingerprint density at radius 2 is 2.00 bits per heavy atom. The molecule has 0 heterocycles. The molecule has 144 valence electrons. The summed E-state index contributed by atoms with van der Waals surface area (Å²) in [4.78, 5) is 10.2. The Labute approximate surface area is 172 Å². The van der Waals surface area contributed by atoms with Crippen LogP contribution in [0.5, 0.6) is 11.5 Å². The number of nitrogens with zero attached hydrogens (tertiary/aromatic N) is 2. The van der Waals surface area contributed by atoms with Gasteiger partial charge in [-0.05, 0) is 72.7 Å². The molecule has 0 bridgehead atoms. The van der Waals surface area contributed by atoms with E-state index in [9.17, 15) is 10.1 Å². The number of hydrogen-bond acceptors (Lipinski definition) is 6. The summed E-state index contributed by atoms with van der Waals surface area (Å²) >= 11 is 2.22. The van der Waals surface area contributed by atoms with Crippen LogP contribution in [0.2, 0.25) is 0 Å². The lowest BCUT2D eigenvalue weighted by Crippen LogP contribution is -2.12. The Hall–Kier alpha value is -2.36. The molecular weight excluding hydrogens is 461 g/mol. The van der Waals surface area contributed by atoms with Crippen molar-refractivity contribution in [2.24, 2.45) is 5.10 Å². The molecule has 2 rings (SSSR count). The summed E-state index contributed by atoms with van der Waals surface area (Å²) in [5.41, 5.74) is 4.41. The highest BCUT2D eigenvalue weighted by Gasteiger charge is 2.14. The first kappa shape index (κ1) is 20.9. The molecule has 0 aromatic heterocycles. The van der Waals surface area contributed by atoms with Gasteiger partial charge in [0.15, 0.2) is 11.5 Å². The highest BCUT2D eigenvalue weighted by molar-refractivity contribution is 14.1. The number of halogens is 1. The fourth-order valence-corrected chi connectivity index (χ4v) is 2.92. The van der Waals surface area contributed by atoms with Crippen molar-refractivity contribution in [1.82, 2.24) is 0 Å². The molecule has 0 saturated carbocycles. The molecule has 0 unspecified atom stereocenters. The first-order valence-electron chi connectivity index (χ1n) is 8.61. The van der Waals surface area contributed by atoms with Crippen LogP contribution in [0.4, 0.5) is 11.4 Å². The molecule has 1 N–H and O–H groups in total. The molecule has 0 radical (unpaired) electrons. The Morgan fingerprint density at radius 3 is 2.59 bits per heavy atom. The average molecular weight is 483 g/mol. The minimum absolute atomic E-state index is 0.0392. The van der Waals surface area contributed by atoms with Crippen LogP contribution >= 0.6 is 22.6 Å². The standard InChI is InChI=1S/C19H22IN3O4/c1-4-13(3)27-19-17(20)10-14(11-18(19)26-5-2)12-21-22-15-6-8-16(9-7-15)23(24)25/h6-13,22H,4-5H2,1-3H3/b21-12+/t13-/m0/s1. The van der Waals surface area contributed by atoms with Crippen molar-refractivity contribution < 1.29 is 14.4 Å². The summed E-state index contributed by atoms with van der Waals surface area (Å²) in [5.74, 6) is 1.42. The lowest BCUT2D eigenvalue weighted by molar-refractivity contribution is -0.384. The van der Waals surface area contributed by atoms with E-state index in [1.54, 1.807) is 18.3 Å². The smallest absolute Gasteiger partial charge is 0.269 e. The molecule has 1 atom stereocenters. The molecule has 8 heteroatoms. The van der Waals surface area contributed by atoms with Crippen molar-refractivity contribution in [3.05, 3.63) is 55.6 Å². The number of non-ortho nitro benzene ring substituents is 1. The van der Waals surface area contributed by atoms with Crippen LogP contribution in [0.15, 0.2) is 41.5 Å². The number of benzene rings is 2. The van der Waals surface area contributed by atoms with E-state index < -0.39 is 4.92 Å². The van der Waals surface area contributed by atoms with Crippen LogP contribution < -0.4 is 14.9 Å². The van der Waals surface area contributed by atoms with Gasteiger partial charge in [-0.1, -0.05) is 6.92 Å². The highest BCUT2D eigenvalue weighted by atomic mass is 127. The molecule has 0 fully saturated rings. The van der Waals surface area contributed by atoms with Gasteiger partial charge in [0.05, 0.1) is 33.1 Å². The third kappa shape index (κ3) is 6.09. The number of hydrogen-bond donors (Lipinski definition) is 1. The lowest BCUT2D eigenvalue weighted by atomic mass is 10.2. The zero-order valence-corrected chi connectivity index (χ0v) is 17.6. The van der Waals surface area contributed by atoms with Crippen LogP contribution in [-0.2, 0) is 0 Å². The first-order valence-corrected chi connectivity index (χ1v) is 9.69. The van der Waals surface area contributed by atoms with E-state index in [0.717, 1.165) is 21.3 Å². The van der Waals surface area contributed by atoms with Gasteiger partial charge in [0.1, 0.15) is 0 Å². The Bertz CT molecular complexity index is 809. The maximum Gasteiger partial charge on any atom is 0.269 e. The van der Waals surface area contributed by atoms with Crippen LogP contribution in [0, 0.1) is 13.7 Å². The van der Waals surface area contributed by atoms with Crippen LogP contribution in [0.25, 0.3) is 0 Å². The SMILES string of the molecule is CCOc1cc(/C=N/Nc2ccc([N+](=O)[O-])cc2)cc(I)c1O[C@@H](C)CC. The summed E-state index contributed by atoms with van der Waals surface area (Å²) in [6, 6.07) is 9.90. The van der Waals surface area contributed by atoms with E-state index in [4.69, 9.17) is 9.47 Å². The molecule has 7 nitrogen and oxygen atoms in total. The molecule has 0 aliphatic heterocycles. The monoisotopic (exact) mass is 483 g/mol. The molecule has 2 aromatic rings. The van der Waals surface area contributed by atoms with Gasteiger partial charge in [-0.25, -0.2) is 0 Å². The van der Waals surface area contributed by atoms with E-state index in [0.29, 0.717) is 18.0 Å². The molecule has 0 amide bonds. The number of rotatable bonds is 9. The zero-order chi connectivity index (χ0) is 19.8. The van der Waals surface area contributed by atoms with Crippen LogP contribution in [0.1, 0.15) is 32.8 Å². The number of nitro groups is 1. The van der Waals surface area contributed by atoms with Gasteiger partial charge in [0.2, 0.25) is 0 Å². The van der Waals surface area contributed by atoms with Crippen molar-refractivity contribution in [3.63, 3.8) is 0 Å². The molecular formula is C19H22IN3O4. The van der Waals surface area contributed by atoms with Crippen molar-refractivity contribution in [2.75, 3.05) is 12.0 Å². The predicted octanol–water partition coefficient (Wildman–Crippen LogP) is 5.22.